The number of pyridine rings is 1. The predicted molar refractivity (Wildman–Crippen MR) is 67.2 cm³/mol. The van der Waals surface area contributed by atoms with Crippen LogP contribution >= 0.6 is 22.6 Å². The van der Waals surface area contributed by atoms with Crippen LogP contribution in [0.4, 0.5) is 13.2 Å². The molecule has 9 heteroatoms. The van der Waals surface area contributed by atoms with Gasteiger partial charge in [0, 0.05) is 16.2 Å². The minimum Gasteiger partial charge on any atom is -0.469 e. The van der Waals surface area contributed by atoms with Gasteiger partial charge in [-0.2, -0.15) is 0 Å². The number of nitrogens with two attached hydrogens (primary N) is 1. The van der Waals surface area contributed by atoms with E-state index in [0.717, 1.165) is 6.07 Å². The smallest absolute Gasteiger partial charge is 0.469 e. The van der Waals surface area contributed by atoms with Gasteiger partial charge < -0.3 is 15.2 Å². The third-order valence-electron chi connectivity index (χ3n) is 2.05. The number of alkyl halides is 3. The van der Waals surface area contributed by atoms with Crippen molar-refractivity contribution in [1.82, 2.24) is 4.98 Å². The number of esters is 1. The maximum absolute atomic E-state index is 12.2. The number of ether oxygens (including phenoxy) is 2. The summed E-state index contributed by atoms with van der Waals surface area (Å²) < 4.78 is 45.2. The lowest BCUT2D eigenvalue weighted by Crippen LogP contribution is -2.19. The SMILES string of the molecule is COC(=O)Cc1cc(OC(F)(F)F)nc(CN)c1I. The van der Waals surface area contributed by atoms with Crippen molar-refractivity contribution in [2.75, 3.05) is 7.11 Å². The molecule has 106 valence electrons. The zero-order chi connectivity index (χ0) is 14.6. The Morgan fingerprint density at radius 2 is 2.16 bits per heavy atom. The molecule has 0 aliphatic heterocycles. The summed E-state index contributed by atoms with van der Waals surface area (Å²) in [6.45, 7) is -0.0680. The highest BCUT2D eigenvalue weighted by Crippen LogP contribution is 2.26. The maximum atomic E-state index is 12.2. The number of halogens is 4. The van der Waals surface area contributed by atoms with Crippen LogP contribution in [0.3, 0.4) is 0 Å². The molecule has 0 aromatic carbocycles. The molecule has 0 spiro atoms. The van der Waals surface area contributed by atoms with Crippen LogP contribution in [0.1, 0.15) is 11.3 Å². The van der Waals surface area contributed by atoms with E-state index in [0.29, 0.717) is 9.13 Å². The summed E-state index contributed by atoms with van der Waals surface area (Å²) in [6.07, 6.45) is -5.04. The lowest BCUT2D eigenvalue weighted by atomic mass is 10.1. The van der Waals surface area contributed by atoms with Crippen LogP contribution in [0.5, 0.6) is 5.88 Å². The highest BCUT2D eigenvalue weighted by Gasteiger charge is 2.32. The van der Waals surface area contributed by atoms with Crippen molar-refractivity contribution in [3.8, 4) is 5.88 Å². The average molecular weight is 390 g/mol. The summed E-state index contributed by atoms with van der Waals surface area (Å²) in [5.41, 5.74) is 5.94. The number of nitrogens with zero attached hydrogens (tertiary/aromatic N) is 1. The van der Waals surface area contributed by atoms with Gasteiger partial charge in [-0.05, 0) is 28.2 Å². The van der Waals surface area contributed by atoms with E-state index in [1.54, 1.807) is 0 Å². The largest absolute Gasteiger partial charge is 0.574 e. The van der Waals surface area contributed by atoms with Crippen LogP contribution in [0, 0.1) is 3.57 Å². The standard InChI is InChI=1S/C10H10F3IN2O3/c1-18-8(17)3-5-2-7(19-10(11,12)13)16-6(4-15)9(5)14/h2H,3-4,15H2,1H3. The lowest BCUT2D eigenvalue weighted by molar-refractivity contribution is -0.276. The van der Waals surface area contributed by atoms with Gasteiger partial charge in [0.05, 0.1) is 19.2 Å². The molecule has 0 radical (unpaired) electrons. The molecule has 0 saturated carbocycles. The number of carbonyl (C=O) groups is 1. The fourth-order valence-corrected chi connectivity index (χ4v) is 1.96. The van der Waals surface area contributed by atoms with Gasteiger partial charge in [-0.3, -0.25) is 4.79 Å². The first-order valence-corrected chi connectivity index (χ1v) is 6.05. The van der Waals surface area contributed by atoms with E-state index in [4.69, 9.17) is 5.73 Å². The number of aromatic nitrogens is 1. The quantitative estimate of drug-likeness (QED) is 0.627. The molecule has 19 heavy (non-hydrogen) atoms. The molecule has 1 aromatic heterocycles. The van der Waals surface area contributed by atoms with Crippen LogP contribution in [0.25, 0.3) is 0 Å². The van der Waals surface area contributed by atoms with Gasteiger partial charge in [0.15, 0.2) is 0 Å². The number of hydrogen-bond acceptors (Lipinski definition) is 5. The third kappa shape index (κ3) is 4.82. The normalized spacial score (nSPS) is 11.3. The number of methoxy groups -OCH3 is 1. The Kier molecular flexibility index (Phi) is 5.35. The average Bonchev–Trinajstić information content (AvgIpc) is 2.30. The third-order valence-corrected chi connectivity index (χ3v) is 3.37. The Morgan fingerprint density at radius 1 is 1.53 bits per heavy atom. The Labute approximate surface area is 120 Å². The highest BCUT2D eigenvalue weighted by atomic mass is 127. The fourth-order valence-electron chi connectivity index (χ4n) is 1.27. The molecule has 0 bridgehead atoms. The van der Waals surface area contributed by atoms with Crippen molar-refractivity contribution < 1.29 is 27.4 Å². The first kappa shape index (κ1) is 16.0. The molecular formula is C10H10F3IN2O3. The predicted octanol–water partition coefficient (Wildman–Crippen LogP) is 1.76. The molecule has 1 rings (SSSR count). The molecule has 2 N–H and O–H groups in total. The van der Waals surface area contributed by atoms with Crippen molar-refractivity contribution in [1.29, 1.82) is 0 Å². The molecule has 5 nitrogen and oxygen atoms in total. The summed E-state index contributed by atoms with van der Waals surface area (Å²) in [5.74, 6) is -1.22. The van der Waals surface area contributed by atoms with Crippen molar-refractivity contribution in [3.63, 3.8) is 0 Å². The Balaban J connectivity index is 3.14. The molecule has 1 aromatic rings. The minimum atomic E-state index is -4.85. The summed E-state index contributed by atoms with van der Waals surface area (Å²) in [7, 11) is 1.19. The summed E-state index contributed by atoms with van der Waals surface area (Å²) in [4.78, 5) is 14.8. The van der Waals surface area contributed by atoms with Crippen molar-refractivity contribution in [2.45, 2.75) is 19.3 Å². The molecule has 0 saturated heterocycles. The topological polar surface area (TPSA) is 74.4 Å². The Bertz CT molecular complexity index is 480. The van der Waals surface area contributed by atoms with E-state index < -0.39 is 18.2 Å². The van der Waals surface area contributed by atoms with Crippen molar-refractivity contribution in [3.05, 3.63) is 20.9 Å². The van der Waals surface area contributed by atoms with Gasteiger partial charge in [0.1, 0.15) is 0 Å². The van der Waals surface area contributed by atoms with Gasteiger partial charge in [-0.15, -0.1) is 13.2 Å². The van der Waals surface area contributed by atoms with Crippen LogP contribution in [-0.4, -0.2) is 24.4 Å². The zero-order valence-corrected chi connectivity index (χ0v) is 11.9. The first-order chi connectivity index (χ1) is 8.76. The minimum absolute atomic E-state index is 0.0680. The van der Waals surface area contributed by atoms with Gasteiger partial charge in [0.2, 0.25) is 5.88 Å². The number of carbonyl (C=O) groups excluding carboxylic acids is 1. The molecule has 0 amide bonds. The lowest BCUT2D eigenvalue weighted by Gasteiger charge is -2.13. The van der Waals surface area contributed by atoms with Gasteiger partial charge >= 0.3 is 12.3 Å². The number of rotatable bonds is 4. The molecule has 0 atom stereocenters. The van der Waals surface area contributed by atoms with Crippen molar-refractivity contribution in [2.24, 2.45) is 5.73 Å². The van der Waals surface area contributed by atoms with E-state index in [1.807, 2.05) is 22.6 Å². The summed E-state index contributed by atoms with van der Waals surface area (Å²) >= 11 is 1.86. The second-order valence-electron chi connectivity index (χ2n) is 3.39. The van der Waals surface area contributed by atoms with Gasteiger partial charge in [-0.25, -0.2) is 4.98 Å². The molecular weight excluding hydrogens is 380 g/mol. The van der Waals surface area contributed by atoms with Crippen molar-refractivity contribution >= 4 is 28.6 Å². The monoisotopic (exact) mass is 390 g/mol. The summed E-state index contributed by atoms with van der Waals surface area (Å²) in [5, 5.41) is 0. The van der Waals surface area contributed by atoms with E-state index in [2.05, 4.69) is 14.5 Å². The van der Waals surface area contributed by atoms with Gasteiger partial charge in [0.25, 0.3) is 0 Å². The molecule has 0 unspecified atom stereocenters. The first-order valence-electron chi connectivity index (χ1n) is 4.97. The number of hydrogen-bond donors (Lipinski definition) is 1. The Morgan fingerprint density at radius 3 is 2.63 bits per heavy atom. The van der Waals surface area contributed by atoms with E-state index in [1.165, 1.54) is 7.11 Å². The zero-order valence-electron chi connectivity index (χ0n) is 9.75. The molecule has 0 aliphatic carbocycles. The molecule has 0 aliphatic rings. The van der Waals surface area contributed by atoms with Crippen LogP contribution in [0.2, 0.25) is 0 Å². The molecule has 0 fully saturated rings. The van der Waals surface area contributed by atoms with Crippen LogP contribution in [-0.2, 0) is 22.5 Å². The summed E-state index contributed by atoms with van der Waals surface area (Å²) in [6, 6.07) is 1.05. The van der Waals surface area contributed by atoms with E-state index in [-0.39, 0.29) is 18.7 Å². The van der Waals surface area contributed by atoms with Gasteiger partial charge in [-0.1, -0.05) is 0 Å². The van der Waals surface area contributed by atoms with E-state index in [9.17, 15) is 18.0 Å². The fraction of sp³-hybridized carbons (Fsp3) is 0.400. The second kappa shape index (κ2) is 6.37. The Hall–Kier alpha value is -1.10. The van der Waals surface area contributed by atoms with E-state index >= 15 is 0 Å². The van der Waals surface area contributed by atoms with Crippen LogP contribution < -0.4 is 10.5 Å². The second-order valence-corrected chi connectivity index (χ2v) is 4.46. The van der Waals surface area contributed by atoms with Crippen LogP contribution in [0.15, 0.2) is 6.07 Å². The highest BCUT2D eigenvalue weighted by molar-refractivity contribution is 14.1. The maximum Gasteiger partial charge on any atom is 0.574 e. The molecule has 1 heterocycles.